The number of aryl methyl sites for hydroxylation is 1. The molecule has 186 valence electrons. The number of benzene rings is 2. The summed E-state index contributed by atoms with van der Waals surface area (Å²) in [5, 5.41) is 11.6. The van der Waals surface area contributed by atoms with E-state index in [9.17, 15) is 19.2 Å². The average molecular weight is 524 g/mol. The van der Waals surface area contributed by atoms with Gasteiger partial charge in [-0.05, 0) is 37.5 Å². The standard InChI is InChI=1S/C26H25N3O5S2/c1-16-9-4-6-11-18(16)27-20(30)15-29-19-12-7-5-10-17(19)22(24(29)33)23-25(34)28(26(35)36-23)14-8-2-3-13-21(31)32/h4-7,9-12H,2-3,8,13-15H2,1H3,(H,27,30)(H,31,32). The van der Waals surface area contributed by atoms with Crippen LogP contribution in [-0.2, 0) is 19.2 Å². The van der Waals surface area contributed by atoms with Crippen LogP contribution in [0.25, 0.3) is 5.57 Å². The number of amides is 3. The van der Waals surface area contributed by atoms with Gasteiger partial charge in [0.15, 0.2) is 0 Å². The van der Waals surface area contributed by atoms with E-state index in [1.165, 1.54) is 9.80 Å². The first-order valence-electron chi connectivity index (χ1n) is 11.5. The van der Waals surface area contributed by atoms with Crippen molar-refractivity contribution in [2.45, 2.75) is 32.6 Å². The summed E-state index contributed by atoms with van der Waals surface area (Å²) in [6.45, 7) is 2.05. The van der Waals surface area contributed by atoms with Crippen LogP contribution >= 0.6 is 24.0 Å². The maximum absolute atomic E-state index is 13.5. The molecule has 8 nitrogen and oxygen atoms in total. The molecule has 1 fully saturated rings. The predicted molar refractivity (Wildman–Crippen MR) is 144 cm³/mol. The SMILES string of the molecule is Cc1ccccc1NC(=O)CN1C(=O)C(=C2SC(=S)N(CCCCCC(=O)O)C2=O)c2ccccc21. The fourth-order valence-electron chi connectivity index (χ4n) is 4.17. The van der Waals surface area contributed by atoms with Crippen molar-refractivity contribution in [3.05, 3.63) is 64.6 Å². The largest absolute Gasteiger partial charge is 0.481 e. The Labute approximate surface area is 218 Å². The van der Waals surface area contributed by atoms with E-state index in [0.717, 1.165) is 17.3 Å². The van der Waals surface area contributed by atoms with Gasteiger partial charge in [-0.25, -0.2) is 0 Å². The Morgan fingerprint density at radius 2 is 1.69 bits per heavy atom. The molecule has 36 heavy (non-hydrogen) atoms. The molecule has 2 aliphatic heterocycles. The molecule has 4 rings (SSSR count). The summed E-state index contributed by atoms with van der Waals surface area (Å²) in [6, 6.07) is 14.5. The van der Waals surface area contributed by atoms with Crippen molar-refractivity contribution in [1.29, 1.82) is 0 Å². The molecule has 0 aromatic heterocycles. The van der Waals surface area contributed by atoms with E-state index in [-0.39, 0.29) is 35.3 Å². The van der Waals surface area contributed by atoms with Gasteiger partial charge in [-0.1, -0.05) is 66.8 Å². The van der Waals surface area contributed by atoms with Gasteiger partial charge >= 0.3 is 5.97 Å². The summed E-state index contributed by atoms with van der Waals surface area (Å²) in [5.41, 5.74) is 2.99. The number of thiocarbonyl (C=S) groups is 1. The molecular weight excluding hydrogens is 498 g/mol. The lowest BCUT2D eigenvalue weighted by molar-refractivity contribution is -0.137. The molecule has 0 unspecified atom stereocenters. The Kier molecular flexibility index (Phi) is 7.85. The number of carbonyl (C=O) groups excluding carboxylic acids is 3. The second-order valence-corrected chi connectivity index (χ2v) is 10.1. The summed E-state index contributed by atoms with van der Waals surface area (Å²) in [4.78, 5) is 53.4. The molecule has 2 N–H and O–H groups in total. The number of unbranched alkanes of at least 4 members (excludes halogenated alkanes) is 2. The summed E-state index contributed by atoms with van der Waals surface area (Å²) in [5.74, 6) is -1.95. The minimum absolute atomic E-state index is 0.0843. The summed E-state index contributed by atoms with van der Waals surface area (Å²) < 4.78 is 0.363. The predicted octanol–water partition coefficient (Wildman–Crippen LogP) is 4.20. The molecular formula is C26H25N3O5S2. The molecule has 0 bridgehead atoms. The van der Waals surface area contributed by atoms with E-state index in [4.69, 9.17) is 17.3 Å². The first-order chi connectivity index (χ1) is 17.3. The van der Waals surface area contributed by atoms with Crippen LogP contribution in [0.3, 0.4) is 0 Å². The molecule has 0 atom stereocenters. The number of carboxylic acid groups (broad SMARTS) is 1. The molecule has 2 aromatic carbocycles. The van der Waals surface area contributed by atoms with Gasteiger partial charge in [0.05, 0.1) is 16.2 Å². The third kappa shape index (κ3) is 5.34. The molecule has 2 aromatic rings. The topological polar surface area (TPSA) is 107 Å². The second kappa shape index (κ2) is 11.0. The summed E-state index contributed by atoms with van der Waals surface area (Å²) in [7, 11) is 0. The van der Waals surface area contributed by atoms with Crippen molar-refractivity contribution < 1.29 is 24.3 Å². The normalized spacial score (nSPS) is 17.1. The number of thioether (sulfide) groups is 1. The minimum Gasteiger partial charge on any atom is -0.481 e. The number of nitrogens with zero attached hydrogens (tertiary/aromatic N) is 2. The van der Waals surface area contributed by atoms with Crippen LogP contribution in [0.15, 0.2) is 53.4 Å². The van der Waals surface area contributed by atoms with Crippen LogP contribution in [0.2, 0.25) is 0 Å². The van der Waals surface area contributed by atoms with Gasteiger partial charge in [-0.15, -0.1) is 0 Å². The molecule has 0 radical (unpaired) electrons. The zero-order valence-corrected chi connectivity index (χ0v) is 21.3. The smallest absolute Gasteiger partial charge is 0.303 e. The van der Waals surface area contributed by atoms with Gasteiger partial charge in [0, 0.05) is 24.2 Å². The van der Waals surface area contributed by atoms with E-state index in [2.05, 4.69) is 5.32 Å². The van der Waals surface area contributed by atoms with Crippen LogP contribution < -0.4 is 10.2 Å². The zero-order valence-electron chi connectivity index (χ0n) is 19.7. The molecule has 0 aliphatic carbocycles. The van der Waals surface area contributed by atoms with Gasteiger partial charge in [0.25, 0.3) is 11.8 Å². The lowest BCUT2D eigenvalue weighted by Crippen LogP contribution is -2.35. The van der Waals surface area contributed by atoms with E-state index < -0.39 is 11.9 Å². The molecule has 2 aliphatic rings. The number of carboxylic acids is 1. The highest BCUT2D eigenvalue weighted by molar-refractivity contribution is 8.26. The second-order valence-electron chi connectivity index (χ2n) is 8.50. The van der Waals surface area contributed by atoms with Crippen LogP contribution in [-0.4, -0.2) is 51.1 Å². The van der Waals surface area contributed by atoms with Crippen molar-refractivity contribution >= 4 is 68.9 Å². The Balaban J connectivity index is 1.53. The average Bonchev–Trinajstić information content (AvgIpc) is 3.27. The van der Waals surface area contributed by atoms with E-state index >= 15 is 0 Å². The molecule has 3 amide bonds. The van der Waals surface area contributed by atoms with Crippen LogP contribution in [0.1, 0.15) is 36.8 Å². The van der Waals surface area contributed by atoms with Gasteiger partial charge in [-0.3, -0.25) is 29.0 Å². The van der Waals surface area contributed by atoms with Gasteiger partial charge in [0.1, 0.15) is 10.9 Å². The van der Waals surface area contributed by atoms with E-state index in [1.807, 2.05) is 25.1 Å². The molecule has 0 saturated carbocycles. The van der Waals surface area contributed by atoms with Gasteiger partial charge in [-0.2, -0.15) is 0 Å². The molecule has 2 heterocycles. The number of nitrogens with one attached hydrogen (secondary N) is 1. The highest BCUT2D eigenvalue weighted by Crippen LogP contribution is 2.44. The number of para-hydroxylation sites is 2. The summed E-state index contributed by atoms with van der Waals surface area (Å²) in [6.07, 6.45) is 1.87. The first-order valence-corrected chi connectivity index (χ1v) is 12.8. The Morgan fingerprint density at radius 3 is 2.44 bits per heavy atom. The summed E-state index contributed by atoms with van der Waals surface area (Å²) >= 11 is 6.51. The molecule has 0 spiro atoms. The van der Waals surface area contributed by atoms with Gasteiger partial charge < -0.3 is 10.4 Å². The lowest BCUT2D eigenvalue weighted by atomic mass is 10.1. The number of rotatable bonds is 9. The Morgan fingerprint density at radius 1 is 0.972 bits per heavy atom. The number of anilines is 2. The van der Waals surface area contributed by atoms with Crippen LogP contribution in [0.4, 0.5) is 11.4 Å². The van der Waals surface area contributed by atoms with E-state index in [0.29, 0.717) is 47.1 Å². The van der Waals surface area contributed by atoms with Crippen molar-refractivity contribution in [3.8, 4) is 0 Å². The van der Waals surface area contributed by atoms with Crippen LogP contribution in [0.5, 0.6) is 0 Å². The van der Waals surface area contributed by atoms with Crippen molar-refractivity contribution in [1.82, 2.24) is 4.90 Å². The number of hydrogen-bond donors (Lipinski definition) is 2. The van der Waals surface area contributed by atoms with Gasteiger partial charge in [0.2, 0.25) is 5.91 Å². The Hall–Kier alpha value is -3.50. The van der Waals surface area contributed by atoms with Crippen molar-refractivity contribution in [2.75, 3.05) is 23.3 Å². The van der Waals surface area contributed by atoms with E-state index in [1.54, 1.807) is 30.3 Å². The maximum atomic E-state index is 13.5. The quantitative estimate of drug-likeness (QED) is 0.288. The van der Waals surface area contributed by atoms with Crippen molar-refractivity contribution in [2.24, 2.45) is 0 Å². The number of carbonyl (C=O) groups is 4. The third-order valence-electron chi connectivity index (χ3n) is 5.99. The van der Waals surface area contributed by atoms with Crippen molar-refractivity contribution in [3.63, 3.8) is 0 Å². The number of hydrogen-bond acceptors (Lipinski definition) is 6. The molecule has 10 heteroatoms. The number of aliphatic carboxylic acids is 1. The fraction of sp³-hybridized carbons (Fsp3) is 0.269. The first kappa shape index (κ1) is 25.6. The zero-order chi connectivity index (χ0) is 25.8. The highest BCUT2D eigenvalue weighted by Gasteiger charge is 2.42. The minimum atomic E-state index is -0.846. The fourth-order valence-corrected chi connectivity index (χ4v) is 5.55. The highest BCUT2D eigenvalue weighted by atomic mass is 32.2. The Bertz CT molecular complexity index is 1290. The number of fused-ring (bicyclic) bond motifs is 1. The third-order valence-corrected chi connectivity index (χ3v) is 7.44. The monoisotopic (exact) mass is 523 g/mol. The maximum Gasteiger partial charge on any atom is 0.303 e. The molecule has 1 saturated heterocycles. The lowest BCUT2D eigenvalue weighted by Gasteiger charge is -2.17. The van der Waals surface area contributed by atoms with Crippen LogP contribution in [0, 0.1) is 6.92 Å².